The maximum absolute atomic E-state index is 13.0. The third-order valence-electron chi connectivity index (χ3n) is 5.07. The van der Waals surface area contributed by atoms with Crippen molar-refractivity contribution >= 4 is 69.6 Å². The summed E-state index contributed by atoms with van der Waals surface area (Å²) >= 11 is 24.9. The molecular weight excluding hydrogens is 497 g/mol. The summed E-state index contributed by atoms with van der Waals surface area (Å²) in [5, 5.41) is 6.26. The molecule has 0 heterocycles. The number of halogens is 5. The molecule has 2 atom stereocenters. The first-order chi connectivity index (χ1) is 15.1. The molecule has 0 aromatic heterocycles. The fourth-order valence-electron chi connectivity index (χ4n) is 3.52. The molecule has 3 aromatic carbocycles. The Kier molecular flexibility index (Phi) is 6.37. The first-order valence-electron chi connectivity index (χ1n) is 9.47. The maximum atomic E-state index is 13.0. The van der Waals surface area contributed by atoms with Crippen LogP contribution in [0.4, 0.5) is 15.8 Å². The van der Waals surface area contributed by atoms with Crippen molar-refractivity contribution in [2.75, 3.05) is 10.6 Å². The first kappa shape index (κ1) is 22.9. The van der Waals surface area contributed by atoms with Gasteiger partial charge in [-0.25, -0.2) is 4.39 Å². The highest BCUT2D eigenvalue weighted by atomic mass is 35.5. The van der Waals surface area contributed by atoms with Gasteiger partial charge in [0.15, 0.2) is 0 Å². The number of amides is 2. The van der Waals surface area contributed by atoms with Crippen LogP contribution in [-0.4, -0.2) is 16.1 Å². The highest BCUT2D eigenvalue weighted by Crippen LogP contribution is 2.65. The SMILES string of the molecule is O=C(Nc1ccc(F)cc1)c1cccc(NC(=O)C2C(c3cc(Cl)cc(Cl)c3)C2(Cl)Cl)c1. The van der Waals surface area contributed by atoms with Gasteiger partial charge in [-0.3, -0.25) is 9.59 Å². The normalized spacial score (nSPS) is 18.7. The highest BCUT2D eigenvalue weighted by molar-refractivity contribution is 6.53. The second-order valence-corrected chi connectivity index (χ2v) is 9.68. The summed E-state index contributed by atoms with van der Waals surface area (Å²) in [5.74, 6) is -2.41. The molecule has 2 unspecified atom stereocenters. The quantitative estimate of drug-likeness (QED) is 0.365. The Balaban J connectivity index is 1.47. The van der Waals surface area contributed by atoms with E-state index in [4.69, 9.17) is 46.4 Å². The molecule has 2 amide bonds. The Hall–Kier alpha value is -2.31. The molecule has 1 aliphatic carbocycles. The van der Waals surface area contributed by atoms with Gasteiger partial charge in [-0.05, 0) is 66.2 Å². The first-order valence-corrected chi connectivity index (χ1v) is 11.0. The van der Waals surface area contributed by atoms with E-state index in [1.165, 1.54) is 30.3 Å². The number of nitrogens with one attached hydrogen (secondary N) is 2. The number of rotatable bonds is 5. The molecule has 0 aliphatic heterocycles. The lowest BCUT2D eigenvalue weighted by atomic mass is 10.1. The van der Waals surface area contributed by atoms with Crippen LogP contribution in [0.15, 0.2) is 66.7 Å². The molecular formula is C23H15Cl4FN2O2. The van der Waals surface area contributed by atoms with E-state index in [1.54, 1.807) is 36.4 Å². The summed E-state index contributed by atoms with van der Waals surface area (Å²) in [6.07, 6.45) is 0. The topological polar surface area (TPSA) is 58.2 Å². The number of alkyl halides is 2. The minimum atomic E-state index is -1.31. The molecule has 164 valence electrons. The Morgan fingerprint density at radius 3 is 2.16 bits per heavy atom. The van der Waals surface area contributed by atoms with Crippen LogP contribution < -0.4 is 10.6 Å². The number of benzene rings is 3. The van der Waals surface area contributed by atoms with Crippen LogP contribution in [-0.2, 0) is 4.79 Å². The third-order valence-corrected chi connectivity index (χ3v) is 6.45. The van der Waals surface area contributed by atoms with Crippen molar-refractivity contribution in [3.05, 3.63) is 93.7 Å². The molecule has 3 aromatic rings. The summed E-state index contributed by atoms with van der Waals surface area (Å²) < 4.78 is 11.7. The molecule has 1 fully saturated rings. The number of carbonyl (C=O) groups excluding carboxylic acids is 2. The van der Waals surface area contributed by atoms with E-state index in [0.717, 1.165) is 0 Å². The van der Waals surface area contributed by atoms with Crippen molar-refractivity contribution in [2.24, 2.45) is 5.92 Å². The Labute approximate surface area is 203 Å². The minimum Gasteiger partial charge on any atom is -0.326 e. The van der Waals surface area contributed by atoms with E-state index >= 15 is 0 Å². The maximum Gasteiger partial charge on any atom is 0.255 e. The Morgan fingerprint density at radius 2 is 1.50 bits per heavy atom. The molecule has 9 heteroatoms. The zero-order chi connectivity index (χ0) is 23.0. The molecule has 0 bridgehead atoms. The van der Waals surface area contributed by atoms with E-state index in [-0.39, 0.29) is 0 Å². The van der Waals surface area contributed by atoms with Crippen molar-refractivity contribution in [3.8, 4) is 0 Å². The van der Waals surface area contributed by atoms with Crippen molar-refractivity contribution in [1.29, 1.82) is 0 Å². The van der Waals surface area contributed by atoms with Gasteiger partial charge in [0.05, 0.1) is 5.92 Å². The summed E-state index contributed by atoms with van der Waals surface area (Å²) in [4.78, 5) is 25.4. The minimum absolute atomic E-state index is 0.309. The Morgan fingerprint density at radius 1 is 0.844 bits per heavy atom. The van der Waals surface area contributed by atoms with Gasteiger partial charge < -0.3 is 10.6 Å². The smallest absolute Gasteiger partial charge is 0.255 e. The fourth-order valence-corrected chi connectivity index (χ4v) is 4.89. The number of hydrogen-bond donors (Lipinski definition) is 2. The van der Waals surface area contributed by atoms with Crippen molar-refractivity contribution in [1.82, 2.24) is 0 Å². The van der Waals surface area contributed by atoms with Crippen LogP contribution in [0.1, 0.15) is 21.8 Å². The Bertz CT molecular complexity index is 1180. The molecule has 4 nitrogen and oxygen atoms in total. The van der Waals surface area contributed by atoms with Gasteiger partial charge in [-0.15, -0.1) is 23.2 Å². The predicted molar refractivity (Wildman–Crippen MR) is 127 cm³/mol. The van der Waals surface area contributed by atoms with E-state index in [0.29, 0.717) is 32.5 Å². The van der Waals surface area contributed by atoms with Gasteiger partial charge in [-0.1, -0.05) is 29.3 Å². The largest absolute Gasteiger partial charge is 0.326 e. The lowest BCUT2D eigenvalue weighted by molar-refractivity contribution is -0.117. The fraction of sp³-hybridized carbons (Fsp3) is 0.130. The molecule has 1 saturated carbocycles. The van der Waals surface area contributed by atoms with Crippen LogP contribution >= 0.6 is 46.4 Å². The number of carbonyl (C=O) groups is 2. The van der Waals surface area contributed by atoms with E-state index in [9.17, 15) is 14.0 Å². The van der Waals surface area contributed by atoms with Crippen LogP contribution in [0, 0.1) is 11.7 Å². The van der Waals surface area contributed by atoms with Gasteiger partial charge in [0.1, 0.15) is 10.2 Å². The predicted octanol–water partition coefficient (Wildman–Crippen LogP) is 6.91. The van der Waals surface area contributed by atoms with E-state index < -0.39 is 33.8 Å². The zero-order valence-corrected chi connectivity index (χ0v) is 19.2. The van der Waals surface area contributed by atoms with Gasteiger partial charge in [-0.2, -0.15) is 0 Å². The molecule has 0 spiro atoms. The van der Waals surface area contributed by atoms with Crippen molar-refractivity contribution < 1.29 is 14.0 Å². The van der Waals surface area contributed by atoms with Gasteiger partial charge in [0, 0.05) is 32.9 Å². The molecule has 2 N–H and O–H groups in total. The molecule has 4 rings (SSSR count). The van der Waals surface area contributed by atoms with Crippen LogP contribution in [0.3, 0.4) is 0 Å². The number of hydrogen-bond acceptors (Lipinski definition) is 2. The van der Waals surface area contributed by atoms with Gasteiger partial charge in [0.2, 0.25) is 5.91 Å². The molecule has 32 heavy (non-hydrogen) atoms. The second-order valence-electron chi connectivity index (χ2n) is 7.36. The lowest BCUT2D eigenvalue weighted by Gasteiger charge is -2.09. The number of anilines is 2. The van der Waals surface area contributed by atoms with Crippen LogP contribution in [0.5, 0.6) is 0 Å². The summed E-state index contributed by atoms with van der Waals surface area (Å²) in [6.45, 7) is 0. The van der Waals surface area contributed by atoms with Crippen molar-refractivity contribution in [2.45, 2.75) is 10.3 Å². The van der Waals surface area contributed by atoms with Crippen LogP contribution in [0.2, 0.25) is 10.0 Å². The van der Waals surface area contributed by atoms with Gasteiger partial charge in [0.25, 0.3) is 5.91 Å². The summed E-state index contributed by atoms with van der Waals surface area (Å²) in [5.41, 5.74) is 1.82. The third kappa shape index (κ3) is 4.86. The average molecular weight is 512 g/mol. The summed E-state index contributed by atoms with van der Waals surface area (Å²) in [6, 6.07) is 16.7. The molecule has 0 radical (unpaired) electrons. The lowest BCUT2D eigenvalue weighted by Crippen LogP contribution is -2.18. The average Bonchev–Trinajstić information content (AvgIpc) is 3.31. The van der Waals surface area contributed by atoms with E-state index in [1.807, 2.05) is 0 Å². The summed E-state index contributed by atoms with van der Waals surface area (Å²) in [7, 11) is 0. The van der Waals surface area contributed by atoms with Gasteiger partial charge >= 0.3 is 0 Å². The van der Waals surface area contributed by atoms with Crippen LogP contribution in [0.25, 0.3) is 0 Å². The second kappa shape index (κ2) is 8.91. The molecule has 1 aliphatic rings. The highest BCUT2D eigenvalue weighted by Gasteiger charge is 2.67. The van der Waals surface area contributed by atoms with E-state index in [2.05, 4.69) is 10.6 Å². The monoisotopic (exact) mass is 510 g/mol. The van der Waals surface area contributed by atoms with Crippen molar-refractivity contribution in [3.63, 3.8) is 0 Å². The standard InChI is InChI=1S/C23H15Cl4FN2O2/c24-14-8-13(9-15(25)11-14)19-20(23(19,26)27)22(32)30-18-3-1-2-12(10-18)21(31)29-17-6-4-16(28)5-7-17/h1-11,19-20H,(H,29,31)(H,30,32). The molecule has 0 saturated heterocycles. The zero-order valence-electron chi connectivity index (χ0n) is 16.2.